The normalized spacial score (nSPS) is 12.7. The summed E-state index contributed by atoms with van der Waals surface area (Å²) < 4.78 is 10.6. The number of hydrogen-bond donors (Lipinski definition) is 3. The van der Waals surface area contributed by atoms with Crippen LogP contribution in [0.2, 0.25) is 0 Å². The average molecular weight is 401 g/mol. The molecule has 0 aliphatic rings. The number of pyridine rings is 1. The molecule has 0 fully saturated rings. The Morgan fingerprint density at radius 3 is 2.52 bits per heavy atom. The predicted molar refractivity (Wildman–Crippen MR) is 109 cm³/mol. The van der Waals surface area contributed by atoms with E-state index in [-0.39, 0.29) is 6.42 Å². The van der Waals surface area contributed by atoms with Crippen molar-refractivity contribution in [2.45, 2.75) is 31.9 Å². The van der Waals surface area contributed by atoms with Crippen LogP contribution in [0, 0.1) is 0 Å². The van der Waals surface area contributed by atoms with Crippen LogP contribution in [-0.2, 0) is 27.2 Å². The summed E-state index contributed by atoms with van der Waals surface area (Å²) in [5, 5.41) is 14.8. The summed E-state index contributed by atoms with van der Waals surface area (Å²) in [6.45, 7) is 2.03. The van der Waals surface area contributed by atoms with Gasteiger partial charge in [0.25, 0.3) is 0 Å². The lowest BCUT2D eigenvalue weighted by Gasteiger charge is -2.17. The zero-order valence-corrected chi connectivity index (χ0v) is 16.8. The van der Waals surface area contributed by atoms with Crippen molar-refractivity contribution in [3.63, 3.8) is 0 Å². The third-order valence-corrected chi connectivity index (χ3v) is 4.39. The first-order chi connectivity index (χ1) is 13.9. The van der Waals surface area contributed by atoms with Gasteiger partial charge in [0, 0.05) is 32.7 Å². The molecule has 3 N–H and O–H groups in total. The molecule has 0 saturated carbocycles. The maximum Gasteiger partial charge on any atom is 0.326 e. The van der Waals surface area contributed by atoms with E-state index in [9.17, 15) is 14.7 Å². The lowest BCUT2D eigenvalue weighted by atomic mass is 10.1. The van der Waals surface area contributed by atoms with Gasteiger partial charge in [-0.3, -0.25) is 4.79 Å². The highest BCUT2D eigenvalue weighted by atomic mass is 16.5. The van der Waals surface area contributed by atoms with Crippen LogP contribution in [0.25, 0.3) is 0 Å². The van der Waals surface area contributed by atoms with E-state index in [2.05, 4.69) is 15.6 Å². The molecule has 29 heavy (non-hydrogen) atoms. The number of ether oxygens (including phenoxy) is 2. The molecule has 0 radical (unpaired) electrons. The van der Waals surface area contributed by atoms with Gasteiger partial charge in [0.1, 0.15) is 23.7 Å². The second-order valence-electron chi connectivity index (χ2n) is 6.49. The third-order valence-electron chi connectivity index (χ3n) is 4.39. The van der Waals surface area contributed by atoms with Gasteiger partial charge in [-0.15, -0.1) is 0 Å². The number of carboxylic acid groups (broad SMARTS) is 1. The van der Waals surface area contributed by atoms with Crippen LogP contribution >= 0.6 is 0 Å². The first kappa shape index (κ1) is 22.2. The third kappa shape index (κ3) is 7.08. The maximum atomic E-state index is 11.9. The Bertz CT molecular complexity index is 810. The molecule has 1 heterocycles. The molecule has 8 nitrogen and oxygen atoms in total. The molecule has 0 aliphatic heterocycles. The fraction of sp³-hybridized carbons (Fsp3) is 0.381. The van der Waals surface area contributed by atoms with Crippen LogP contribution in [0.15, 0.2) is 42.5 Å². The monoisotopic (exact) mass is 401 g/mol. The van der Waals surface area contributed by atoms with Crippen LogP contribution < -0.4 is 15.4 Å². The van der Waals surface area contributed by atoms with Crippen molar-refractivity contribution >= 4 is 17.7 Å². The lowest BCUT2D eigenvalue weighted by molar-refractivity contribution is -0.143. The van der Waals surface area contributed by atoms with Gasteiger partial charge in [-0.1, -0.05) is 18.2 Å². The zero-order valence-electron chi connectivity index (χ0n) is 16.8. The molecule has 2 atom stereocenters. The summed E-state index contributed by atoms with van der Waals surface area (Å²) in [6.07, 6.45) is 0.122. The second kappa shape index (κ2) is 11.0. The number of methoxy groups -OCH3 is 1. The van der Waals surface area contributed by atoms with Gasteiger partial charge in [0.2, 0.25) is 5.91 Å². The lowest BCUT2D eigenvalue weighted by Crippen LogP contribution is -2.46. The standard InChI is InChI=1S/C21H27N3O5/c1-14(28-3)20(25)24-18(21(26)27)13-15-7-9-17(10-8-15)29-12-11-16-5-4-6-19(22-2)23-16/h4-10,14,18H,11-13H2,1-3H3,(H,22,23)(H,24,25)(H,26,27)/t14-,18-/m0/s1. The highest BCUT2D eigenvalue weighted by Gasteiger charge is 2.23. The van der Waals surface area contributed by atoms with E-state index in [0.717, 1.165) is 17.1 Å². The molecule has 0 aliphatic carbocycles. The summed E-state index contributed by atoms with van der Waals surface area (Å²) in [5.74, 6) is -0.0663. The van der Waals surface area contributed by atoms with E-state index in [1.54, 1.807) is 31.2 Å². The molecular weight excluding hydrogens is 374 g/mol. The topological polar surface area (TPSA) is 110 Å². The molecule has 1 aromatic carbocycles. The van der Waals surface area contributed by atoms with E-state index < -0.39 is 24.0 Å². The number of rotatable bonds is 11. The summed E-state index contributed by atoms with van der Waals surface area (Å²) in [7, 11) is 3.22. The number of anilines is 1. The number of amides is 1. The van der Waals surface area contributed by atoms with Gasteiger partial charge in [0.05, 0.1) is 6.61 Å². The minimum absolute atomic E-state index is 0.165. The van der Waals surface area contributed by atoms with E-state index in [4.69, 9.17) is 9.47 Å². The van der Waals surface area contributed by atoms with Crippen molar-refractivity contribution in [1.29, 1.82) is 0 Å². The van der Waals surface area contributed by atoms with E-state index in [1.165, 1.54) is 7.11 Å². The number of carbonyl (C=O) groups is 2. The van der Waals surface area contributed by atoms with Gasteiger partial charge in [-0.05, 0) is 36.8 Å². The first-order valence-corrected chi connectivity index (χ1v) is 9.34. The van der Waals surface area contributed by atoms with E-state index >= 15 is 0 Å². The molecule has 2 aromatic rings. The number of nitrogens with one attached hydrogen (secondary N) is 2. The van der Waals surface area contributed by atoms with Gasteiger partial charge in [-0.2, -0.15) is 0 Å². The van der Waals surface area contributed by atoms with Crippen molar-refractivity contribution in [1.82, 2.24) is 10.3 Å². The summed E-state index contributed by atoms with van der Waals surface area (Å²) in [4.78, 5) is 27.8. The van der Waals surface area contributed by atoms with Crippen LogP contribution in [0.3, 0.4) is 0 Å². The Labute approximate surface area is 170 Å². The average Bonchev–Trinajstić information content (AvgIpc) is 2.73. The second-order valence-corrected chi connectivity index (χ2v) is 6.49. The Morgan fingerprint density at radius 2 is 1.90 bits per heavy atom. The van der Waals surface area contributed by atoms with Gasteiger partial charge >= 0.3 is 5.97 Å². The van der Waals surface area contributed by atoms with Crippen molar-refractivity contribution in [2.24, 2.45) is 0 Å². The smallest absolute Gasteiger partial charge is 0.326 e. The number of aromatic nitrogens is 1. The van der Waals surface area contributed by atoms with Crippen LogP contribution in [0.1, 0.15) is 18.2 Å². The fourth-order valence-corrected chi connectivity index (χ4v) is 2.59. The molecule has 0 saturated heterocycles. The Hall–Kier alpha value is -3.13. The number of nitrogens with zero attached hydrogens (tertiary/aromatic N) is 1. The molecule has 1 amide bonds. The van der Waals surface area contributed by atoms with Crippen molar-refractivity contribution in [3.8, 4) is 5.75 Å². The van der Waals surface area contributed by atoms with Gasteiger partial charge < -0.3 is 25.2 Å². The first-order valence-electron chi connectivity index (χ1n) is 9.34. The fourth-order valence-electron chi connectivity index (χ4n) is 2.59. The molecule has 2 rings (SSSR count). The highest BCUT2D eigenvalue weighted by molar-refractivity contribution is 5.86. The summed E-state index contributed by atoms with van der Waals surface area (Å²) in [6, 6.07) is 11.9. The largest absolute Gasteiger partial charge is 0.493 e. The minimum atomic E-state index is -1.10. The van der Waals surface area contributed by atoms with Crippen LogP contribution in [0.5, 0.6) is 5.75 Å². The minimum Gasteiger partial charge on any atom is -0.493 e. The van der Waals surface area contributed by atoms with E-state index in [1.807, 2.05) is 25.2 Å². The zero-order chi connectivity index (χ0) is 21.2. The predicted octanol–water partition coefficient (Wildman–Crippen LogP) is 1.89. The van der Waals surface area contributed by atoms with Gasteiger partial charge in [0.15, 0.2) is 0 Å². The highest BCUT2D eigenvalue weighted by Crippen LogP contribution is 2.14. The van der Waals surface area contributed by atoms with E-state index in [0.29, 0.717) is 18.8 Å². The number of carbonyl (C=O) groups excluding carboxylic acids is 1. The number of aliphatic carboxylic acids is 1. The molecular formula is C21H27N3O5. The summed E-state index contributed by atoms with van der Waals surface area (Å²) in [5.41, 5.74) is 1.71. The molecule has 0 spiro atoms. The Balaban J connectivity index is 1.87. The van der Waals surface area contributed by atoms with Crippen molar-refractivity contribution in [2.75, 3.05) is 26.1 Å². The number of hydrogen-bond acceptors (Lipinski definition) is 6. The molecule has 156 valence electrons. The molecule has 1 aromatic heterocycles. The quantitative estimate of drug-likeness (QED) is 0.527. The number of benzene rings is 1. The maximum absolute atomic E-state index is 11.9. The number of carboxylic acids is 1. The Kier molecular flexibility index (Phi) is 8.42. The Morgan fingerprint density at radius 1 is 1.17 bits per heavy atom. The molecule has 0 unspecified atom stereocenters. The molecule has 8 heteroatoms. The van der Waals surface area contributed by atoms with Crippen molar-refractivity contribution < 1.29 is 24.2 Å². The van der Waals surface area contributed by atoms with Crippen molar-refractivity contribution in [3.05, 3.63) is 53.7 Å². The molecule has 0 bridgehead atoms. The van der Waals surface area contributed by atoms with Gasteiger partial charge in [-0.25, -0.2) is 9.78 Å². The van der Waals surface area contributed by atoms with Crippen LogP contribution in [0.4, 0.5) is 5.82 Å². The summed E-state index contributed by atoms with van der Waals surface area (Å²) >= 11 is 0. The van der Waals surface area contributed by atoms with Crippen LogP contribution in [-0.4, -0.2) is 54.9 Å². The SMILES string of the molecule is CNc1cccc(CCOc2ccc(C[C@H](NC(=O)[C@H](C)OC)C(=O)O)cc2)n1.